The molecule has 0 unspecified atom stereocenters. The van der Waals surface area contributed by atoms with E-state index in [1.54, 1.807) is 16.9 Å². The van der Waals surface area contributed by atoms with Gasteiger partial charge in [0.1, 0.15) is 0 Å². The summed E-state index contributed by atoms with van der Waals surface area (Å²) in [5.74, 6) is 0.508. The first-order valence-electron chi connectivity index (χ1n) is 6.37. The van der Waals surface area contributed by atoms with E-state index in [2.05, 4.69) is 25.6 Å². The summed E-state index contributed by atoms with van der Waals surface area (Å²) >= 11 is 0. The lowest BCUT2D eigenvalue weighted by molar-refractivity contribution is -0.116. The van der Waals surface area contributed by atoms with Gasteiger partial charge in [-0.25, -0.2) is 9.50 Å². The van der Waals surface area contributed by atoms with Gasteiger partial charge in [-0.2, -0.15) is 10.2 Å². The molecule has 7 nitrogen and oxygen atoms in total. The Kier molecular flexibility index (Phi) is 2.17. The summed E-state index contributed by atoms with van der Waals surface area (Å²) in [5.41, 5.74) is 3.70. The van der Waals surface area contributed by atoms with Crippen LogP contribution in [0.4, 0.5) is 5.82 Å². The van der Waals surface area contributed by atoms with Gasteiger partial charge in [0.25, 0.3) is 0 Å². The van der Waals surface area contributed by atoms with Gasteiger partial charge in [0.05, 0.1) is 6.20 Å². The second kappa shape index (κ2) is 3.89. The minimum atomic E-state index is -0.0649. The van der Waals surface area contributed by atoms with E-state index in [0.717, 1.165) is 22.5 Å². The molecule has 0 bridgehead atoms. The van der Waals surface area contributed by atoms with Gasteiger partial charge in [-0.15, -0.1) is 0 Å². The molecule has 100 valence electrons. The summed E-state index contributed by atoms with van der Waals surface area (Å²) in [6.07, 6.45) is 5.73. The molecule has 1 amide bonds. The number of aryl methyl sites for hydroxylation is 1. The van der Waals surface area contributed by atoms with Crippen molar-refractivity contribution in [2.75, 3.05) is 5.32 Å². The van der Waals surface area contributed by atoms with E-state index in [0.29, 0.717) is 12.2 Å². The van der Waals surface area contributed by atoms with Crippen molar-refractivity contribution in [3.63, 3.8) is 0 Å². The smallest absolute Gasteiger partial charge is 0.226 e. The molecular formula is C13H12N6O. The number of carbonyl (C=O) groups excluding carboxylic acids is 1. The fraction of sp³-hybridized carbons (Fsp3) is 0.231. The normalized spacial score (nSPS) is 18.1. The first-order chi connectivity index (χ1) is 9.74. The average molecular weight is 268 g/mol. The summed E-state index contributed by atoms with van der Waals surface area (Å²) in [5, 5.41) is 14.2. The van der Waals surface area contributed by atoms with Crippen LogP contribution in [0, 0.1) is 6.92 Å². The number of aromatic amines is 1. The number of hydrogen-bond donors (Lipinski definition) is 2. The molecule has 0 spiro atoms. The minimum absolute atomic E-state index is 0.0377. The highest BCUT2D eigenvalue weighted by molar-refractivity contribution is 5.94. The number of amides is 1. The quantitative estimate of drug-likeness (QED) is 0.695. The van der Waals surface area contributed by atoms with E-state index in [4.69, 9.17) is 0 Å². The second-order valence-corrected chi connectivity index (χ2v) is 4.90. The van der Waals surface area contributed by atoms with Crippen LogP contribution in [0.15, 0.2) is 24.7 Å². The Morgan fingerprint density at radius 3 is 3.25 bits per heavy atom. The number of nitrogens with zero attached hydrogens (tertiary/aromatic N) is 4. The lowest BCUT2D eigenvalue weighted by Gasteiger charge is -2.21. The van der Waals surface area contributed by atoms with Crippen molar-refractivity contribution in [2.45, 2.75) is 19.3 Å². The Hall–Kier alpha value is -2.70. The Bertz CT molecular complexity index is 817. The maximum Gasteiger partial charge on any atom is 0.226 e. The molecule has 1 aliphatic rings. The number of nitrogens with one attached hydrogen (secondary N) is 2. The molecule has 20 heavy (non-hydrogen) atoms. The van der Waals surface area contributed by atoms with Crippen LogP contribution in [0.25, 0.3) is 5.65 Å². The maximum atomic E-state index is 11.9. The molecule has 0 saturated carbocycles. The predicted octanol–water partition coefficient (Wildman–Crippen LogP) is 1.23. The zero-order valence-corrected chi connectivity index (χ0v) is 10.8. The van der Waals surface area contributed by atoms with Crippen LogP contribution in [0.3, 0.4) is 0 Å². The molecule has 1 atom stereocenters. The number of carbonyl (C=O) groups is 1. The first kappa shape index (κ1) is 11.2. The maximum absolute atomic E-state index is 11.9. The molecule has 4 rings (SSSR count). The number of fused-ring (bicyclic) bond motifs is 2. The van der Waals surface area contributed by atoms with Crippen LogP contribution in [0.1, 0.15) is 29.2 Å². The van der Waals surface area contributed by atoms with Crippen LogP contribution in [0.5, 0.6) is 0 Å². The molecule has 4 heterocycles. The Morgan fingerprint density at radius 2 is 2.35 bits per heavy atom. The van der Waals surface area contributed by atoms with Gasteiger partial charge in [-0.1, -0.05) is 0 Å². The molecule has 1 aliphatic heterocycles. The fourth-order valence-corrected chi connectivity index (χ4v) is 2.79. The lowest BCUT2D eigenvalue weighted by Crippen LogP contribution is -2.23. The van der Waals surface area contributed by atoms with Crippen molar-refractivity contribution in [3.05, 3.63) is 41.5 Å². The highest BCUT2D eigenvalue weighted by Crippen LogP contribution is 2.38. The van der Waals surface area contributed by atoms with Gasteiger partial charge >= 0.3 is 0 Å². The molecule has 7 heteroatoms. The predicted molar refractivity (Wildman–Crippen MR) is 71.4 cm³/mol. The highest BCUT2D eigenvalue weighted by atomic mass is 16.1. The first-order valence-corrected chi connectivity index (χ1v) is 6.37. The molecule has 3 aromatic heterocycles. The van der Waals surface area contributed by atoms with E-state index in [1.807, 2.05) is 19.2 Å². The molecule has 3 aromatic rings. The summed E-state index contributed by atoms with van der Waals surface area (Å²) in [6.45, 7) is 1.95. The standard InChI is InChI=1S/C13H12N6O/c1-7-11-8(5-10(20)16-12(11)18-17-7)9-6-15-19-4-2-3-14-13(9)19/h2-4,6,8H,5H2,1H3,(H2,16,17,18,20)/t8-/m1/s1. The van der Waals surface area contributed by atoms with Crippen LogP contribution in [0.2, 0.25) is 0 Å². The van der Waals surface area contributed by atoms with Crippen LogP contribution in [-0.2, 0) is 4.79 Å². The van der Waals surface area contributed by atoms with Gasteiger partial charge in [0.15, 0.2) is 11.5 Å². The van der Waals surface area contributed by atoms with Gasteiger partial charge in [-0.3, -0.25) is 9.89 Å². The summed E-state index contributed by atoms with van der Waals surface area (Å²) in [7, 11) is 0. The van der Waals surface area contributed by atoms with Gasteiger partial charge in [-0.05, 0) is 13.0 Å². The molecule has 0 fully saturated rings. The number of anilines is 1. The number of hydrogen-bond acceptors (Lipinski definition) is 4. The monoisotopic (exact) mass is 268 g/mol. The van der Waals surface area contributed by atoms with Crippen molar-refractivity contribution >= 4 is 17.4 Å². The van der Waals surface area contributed by atoms with Crippen molar-refractivity contribution in [1.82, 2.24) is 24.8 Å². The summed E-state index contributed by atoms with van der Waals surface area (Å²) < 4.78 is 1.72. The van der Waals surface area contributed by atoms with Crippen LogP contribution < -0.4 is 5.32 Å². The second-order valence-electron chi connectivity index (χ2n) is 4.90. The topological polar surface area (TPSA) is 88.0 Å². The van der Waals surface area contributed by atoms with Crippen molar-refractivity contribution < 1.29 is 4.79 Å². The molecule has 0 radical (unpaired) electrons. The van der Waals surface area contributed by atoms with Gasteiger partial charge in [0.2, 0.25) is 5.91 Å². The summed E-state index contributed by atoms with van der Waals surface area (Å²) in [6, 6.07) is 1.83. The van der Waals surface area contributed by atoms with Crippen molar-refractivity contribution in [1.29, 1.82) is 0 Å². The van der Waals surface area contributed by atoms with E-state index >= 15 is 0 Å². The highest BCUT2D eigenvalue weighted by Gasteiger charge is 2.32. The van der Waals surface area contributed by atoms with Crippen molar-refractivity contribution in [2.24, 2.45) is 0 Å². The Balaban J connectivity index is 1.94. The van der Waals surface area contributed by atoms with E-state index in [9.17, 15) is 4.79 Å². The molecule has 2 N–H and O–H groups in total. The molecule has 0 aliphatic carbocycles. The zero-order chi connectivity index (χ0) is 13.7. The van der Waals surface area contributed by atoms with E-state index in [1.165, 1.54) is 0 Å². The fourth-order valence-electron chi connectivity index (χ4n) is 2.79. The number of H-pyrrole nitrogens is 1. The third-order valence-electron chi connectivity index (χ3n) is 3.67. The van der Waals surface area contributed by atoms with E-state index < -0.39 is 0 Å². The zero-order valence-electron chi connectivity index (χ0n) is 10.8. The van der Waals surface area contributed by atoms with Crippen molar-refractivity contribution in [3.8, 4) is 0 Å². The minimum Gasteiger partial charge on any atom is -0.309 e. The third-order valence-corrected chi connectivity index (χ3v) is 3.67. The largest absolute Gasteiger partial charge is 0.309 e. The Labute approximate surface area is 114 Å². The summed E-state index contributed by atoms with van der Waals surface area (Å²) in [4.78, 5) is 16.2. The molecule has 0 aromatic carbocycles. The van der Waals surface area contributed by atoms with Gasteiger partial charge in [0, 0.05) is 41.6 Å². The Morgan fingerprint density at radius 1 is 1.45 bits per heavy atom. The number of aromatic nitrogens is 5. The van der Waals surface area contributed by atoms with Crippen LogP contribution >= 0.6 is 0 Å². The number of rotatable bonds is 1. The lowest BCUT2D eigenvalue weighted by atomic mass is 9.87. The van der Waals surface area contributed by atoms with Gasteiger partial charge < -0.3 is 5.32 Å². The van der Waals surface area contributed by atoms with E-state index in [-0.39, 0.29) is 11.8 Å². The molecular weight excluding hydrogens is 256 g/mol. The average Bonchev–Trinajstić information content (AvgIpc) is 3.02. The van der Waals surface area contributed by atoms with Crippen LogP contribution in [-0.4, -0.2) is 30.7 Å². The molecule has 0 saturated heterocycles. The third kappa shape index (κ3) is 1.46. The SMILES string of the molecule is Cc1[nH]nc2c1[C@@H](c1cnn3cccnc13)CC(=O)N2.